The molecule has 0 aliphatic carbocycles. The number of aliphatic carboxylic acids is 1. The van der Waals surface area contributed by atoms with Crippen LogP contribution in [-0.2, 0) is 20.7 Å². The lowest BCUT2D eigenvalue weighted by Crippen LogP contribution is -2.49. The number of carbonyl (C=O) groups is 2. The first-order chi connectivity index (χ1) is 8.66. The second-order valence-corrected chi connectivity index (χ2v) is 4.04. The smallest absolute Gasteiger partial charge is 0.334 e. The Hall–Kier alpha value is -1.95. The number of amides is 1. The maximum absolute atomic E-state index is 12.0. The first kappa shape index (κ1) is 12.5. The van der Waals surface area contributed by atoms with Gasteiger partial charge in [-0.25, -0.2) is 4.79 Å². The normalized spacial score (nSPS) is 19.6. The fraction of sp³-hybridized carbons (Fsp3) is 0.417. The largest absolute Gasteiger partial charge is 0.479 e. The van der Waals surface area contributed by atoms with Crippen LogP contribution in [0.3, 0.4) is 0 Å². The number of rotatable bonds is 3. The molecule has 1 aromatic rings. The summed E-state index contributed by atoms with van der Waals surface area (Å²) >= 11 is 0. The van der Waals surface area contributed by atoms with Crippen LogP contribution in [0.1, 0.15) is 5.69 Å². The molecule has 2 rings (SSSR count). The van der Waals surface area contributed by atoms with Gasteiger partial charge in [-0.15, -0.1) is 0 Å². The number of hydrogen-bond acceptors (Lipinski definition) is 4. The highest BCUT2D eigenvalue weighted by Gasteiger charge is 2.28. The number of carboxylic acid groups (broad SMARTS) is 1. The van der Waals surface area contributed by atoms with Crippen LogP contribution < -0.4 is 0 Å². The molecule has 96 valence electrons. The molecule has 1 unspecified atom stereocenters. The van der Waals surface area contributed by atoms with E-state index in [4.69, 9.17) is 9.84 Å². The van der Waals surface area contributed by atoms with Crippen LogP contribution in [0.15, 0.2) is 24.4 Å². The molecular formula is C12H14N2O4. The van der Waals surface area contributed by atoms with E-state index >= 15 is 0 Å². The molecule has 1 aromatic heterocycles. The Labute approximate surface area is 104 Å². The highest BCUT2D eigenvalue weighted by atomic mass is 16.5. The van der Waals surface area contributed by atoms with E-state index in [9.17, 15) is 9.59 Å². The SMILES string of the molecule is O=C(O)C1CN(C(=O)Cc2ccccn2)CCO1. The second kappa shape index (κ2) is 5.59. The van der Waals surface area contributed by atoms with Gasteiger partial charge in [-0.3, -0.25) is 9.78 Å². The zero-order chi connectivity index (χ0) is 13.0. The van der Waals surface area contributed by atoms with Gasteiger partial charge < -0.3 is 14.7 Å². The summed E-state index contributed by atoms with van der Waals surface area (Å²) in [7, 11) is 0. The molecule has 0 bridgehead atoms. The quantitative estimate of drug-likeness (QED) is 0.812. The predicted molar refractivity (Wildman–Crippen MR) is 61.9 cm³/mol. The van der Waals surface area contributed by atoms with E-state index in [1.165, 1.54) is 4.90 Å². The summed E-state index contributed by atoms with van der Waals surface area (Å²) in [4.78, 5) is 28.4. The molecule has 1 amide bonds. The lowest BCUT2D eigenvalue weighted by Gasteiger charge is -2.30. The average molecular weight is 250 g/mol. The molecule has 0 aromatic carbocycles. The number of ether oxygens (including phenoxy) is 1. The summed E-state index contributed by atoms with van der Waals surface area (Å²) < 4.78 is 5.06. The zero-order valence-electron chi connectivity index (χ0n) is 9.78. The molecule has 6 heteroatoms. The van der Waals surface area contributed by atoms with Crippen LogP contribution in [0.5, 0.6) is 0 Å². The van der Waals surface area contributed by atoms with E-state index in [0.29, 0.717) is 12.2 Å². The maximum atomic E-state index is 12.0. The van der Waals surface area contributed by atoms with E-state index in [2.05, 4.69) is 4.98 Å². The van der Waals surface area contributed by atoms with E-state index in [1.807, 2.05) is 6.07 Å². The maximum Gasteiger partial charge on any atom is 0.334 e. The van der Waals surface area contributed by atoms with Crippen LogP contribution in [0.4, 0.5) is 0 Å². The van der Waals surface area contributed by atoms with Crippen LogP contribution in [0, 0.1) is 0 Å². The standard InChI is InChI=1S/C12H14N2O4/c15-11(7-9-3-1-2-4-13-9)14-5-6-18-10(8-14)12(16)17/h1-4,10H,5-8H2,(H,16,17). The van der Waals surface area contributed by atoms with Gasteiger partial charge in [0.2, 0.25) is 5.91 Å². The average Bonchev–Trinajstić information content (AvgIpc) is 2.40. The van der Waals surface area contributed by atoms with Gasteiger partial charge in [-0.05, 0) is 12.1 Å². The van der Waals surface area contributed by atoms with E-state index < -0.39 is 12.1 Å². The molecule has 1 saturated heterocycles. The van der Waals surface area contributed by atoms with Gasteiger partial charge in [0, 0.05) is 18.4 Å². The third kappa shape index (κ3) is 3.04. The minimum Gasteiger partial charge on any atom is -0.479 e. The molecule has 1 aliphatic rings. The van der Waals surface area contributed by atoms with Gasteiger partial charge in [-0.2, -0.15) is 0 Å². The van der Waals surface area contributed by atoms with Crippen molar-refractivity contribution in [2.24, 2.45) is 0 Å². The summed E-state index contributed by atoms with van der Waals surface area (Å²) in [6.45, 7) is 0.779. The summed E-state index contributed by atoms with van der Waals surface area (Å²) in [5, 5.41) is 8.85. The molecule has 1 fully saturated rings. The summed E-state index contributed by atoms with van der Waals surface area (Å²) in [6.07, 6.45) is 0.890. The van der Waals surface area contributed by atoms with Crippen molar-refractivity contribution in [1.29, 1.82) is 0 Å². The van der Waals surface area contributed by atoms with Crippen LogP contribution in [0.2, 0.25) is 0 Å². The van der Waals surface area contributed by atoms with Gasteiger partial charge in [0.1, 0.15) is 0 Å². The summed E-state index contributed by atoms with van der Waals surface area (Å²) in [5.41, 5.74) is 0.681. The van der Waals surface area contributed by atoms with Crippen molar-refractivity contribution >= 4 is 11.9 Å². The number of hydrogen-bond donors (Lipinski definition) is 1. The van der Waals surface area contributed by atoms with Crippen molar-refractivity contribution in [2.75, 3.05) is 19.7 Å². The fourth-order valence-electron chi connectivity index (χ4n) is 1.79. The zero-order valence-corrected chi connectivity index (χ0v) is 9.78. The Bertz CT molecular complexity index is 435. The second-order valence-electron chi connectivity index (χ2n) is 4.04. The lowest BCUT2D eigenvalue weighted by molar-refractivity contribution is -0.159. The van der Waals surface area contributed by atoms with Gasteiger partial charge in [0.05, 0.1) is 19.6 Å². The summed E-state index contributed by atoms with van der Waals surface area (Å²) in [6, 6.07) is 5.37. The Morgan fingerprint density at radius 2 is 2.33 bits per heavy atom. The van der Waals surface area contributed by atoms with Gasteiger partial charge in [0.25, 0.3) is 0 Å². The summed E-state index contributed by atoms with van der Waals surface area (Å²) in [5.74, 6) is -1.16. The lowest BCUT2D eigenvalue weighted by atomic mass is 10.2. The van der Waals surface area contributed by atoms with E-state index in [0.717, 1.165) is 0 Å². The number of aromatic nitrogens is 1. The third-order valence-corrected chi connectivity index (χ3v) is 2.75. The molecular weight excluding hydrogens is 236 g/mol. The van der Waals surface area contributed by atoms with Gasteiger partial charge >= 0.3 is 5.97 Å². The number of carboxylic acids is 1. The molecule has 1 N–H and O–H groups in total. The molecule has 1 atom stereocenters. The first-order valence-electron chi connectivity index (χ1n) is 5.69. The Kier molecular flexibility index (Phi) is 3.88. The minimum absolute atomic E-state index is 0.0982. The van der Waals surface area contributed by atoms with Crippen molar-refractivity contribution in [3.8, 4) is 0 Å². The predicted octanol–water partition coefficient (Wildman–Crippen LogP) is -0.0639. The number of carbonyl (C=O) groups excluding carboxylic acids is 1. The molecule has 0 saturated carbocycles. The molecule has 18 heavy (non-hydrogen) atoms. The molecule has 6 nitrogen and oxygen atoms in total. The van der Waals surface area contributed by atoms with Gasteiger partial charge in [-0.1, -0.05) is 6.07 Å². The number of pyridine rings is 1. The minimum atomic E-state index is -1.04. The monoisotopic (exact) mass is 250 g/mol. The van der Waals surface area contributed by atoms with Crippen molar-refractivity contribution in [3.05, 3.63) is 30.1 Å². The number of nitrogens with zero attached hydrogens (tertiary/aromatic N) is 2. The Morgan fingerprint density at radius 3 is 3.00 bits per heavy atom. The molecule has 1 aliphatic heterocycles. The topological polar surface area (TPSA) is 79.7 Å². The molecule has 2 heterocycles. The van der Waals surface area contributed by atoms with E-state index in [-0.39, 0.29) is 25.5 Å². The van der Waals surface area contributed by atoms with E-state index in [1.54, 1.807) is 18.3 Å². The molecule has 0 radical (unpaired) electrons. The Morgan fingerprint density at radius 1 is 1.50 bits per heavy atom. The van der Waals surface area contributed by atoms with Crippen LogP contribution in [-0.4, -0.2) is 52.7 Å². The number of morpholine rings is 1. The molecule has 0 spiro atoms. The first-order valence-corrected chi connectivity index (χ1v) is 5.69. The van der Waals surface area contributed by atoms with Gasteiger partial charge in [0.15, 0.2) is 6.10 Å². The Balaban J connectivity index is 1.95. The van der Waals surface area contributed by atoms with Crippen molar-refractivity contribution in [2.45, 2.75) is 12.5 Å². The van der Waals surface area contributed by atoms with Crippen molar-refractivity contribution in [1.82, 2.24) is 9.88 Å². The van der Waals surface area contributed by atoms with Crippen molar-refractivity contribution < 1.29 is 19.4 Å². The third-order valence-electron chi connectivity index (χ3n) is 2.75. The highest BCUT2D eigenvalue weighted by molar-refractivity contribution is 5.80. The van der Waals surface area contributed by atoms with Crippen molar-refractivity contribution in [3.63, 3.8) is 0 Å². The van der Waals surface area contributed by atoms with Crippen LogP contribution >= 0.6 is 0 Å². The highest BCUT2D eigenvalue weighted by Crippen LogP contribution is 2.08. The fourth-order valence-corrected chi connectivity index (χ4v) is 1.79. The van der Waals surface area contributed by atoms with Crippen LogP contribution in [0.25, 0.3) is 0 Å².